The van der Waals surface area contributed by atoms with Crippen LogP contribution in [0.3, 0.4) is 0 Å². The Morgan fingerprint density at radius 1 is 1.23 bits per heavy atom. The molecule has 1 saturated heterocycles. The maximum Gasteiger partial charge on any atom is 0.251 e. The monoisotopic (exact) mass is 408 g/mol. The lowest BCUT2D eigenvalue weighted by molar-refractivity contribution is -0.128. The van der Waals surface area contributed by atoms with E-state index in [1.165, 1.54) is 0 Å². The fourth-order valence-corrected chi connectivity index (χ4v) is 4.18. The zero-order chi connectivity index (χ0) is 21.3. The SMILES string of the molecule is COc1ccc2c(c1)OC(C)(C)C[C@@H]2NC(=O)c1ccc(CN2CCCC2=O)cc1. The Bertz CT molecular complexity index is 952. The fourth-order valence-electron chi connectivity index (χ4n) is 4.18. The zero-order valence-corrected chi connectivity index (χ0v) is 17.7. The van der Waals surface area contributed by atoms with Crippen molar-refractivity contribution >= 4 is 11.8 Å². The number of rotatable bonds is 5. The van der Waals surface area contributed by atoms with Crippen LogP contribution in [0.4, 0.5) is 0 Å². The van der Waals surface area contributed by atoms with Crippen LogP contribution < -0.4 is 14.8 Å². The summed E-state index contributed by atoms with van der Waals surface area (Å²) in [5, 5.41) is 3.16. The number of nitrogens with one attached hydrogen (secondary N) is 1. The minimum absolute atomic E-state index is 0.122. The van der Waals surface area contributed by atoms with Crippen molar-refractivity contribution in [2.75, 3.05) is 13.7 Å². The lowest BCUT2D eigenvalue weighted by Gasteiger charge is -2.38. The highest BCUT2D eigenvalue weighted by atomic mass is 16.5. The third kappa shape index (κ3) is 4.27. The highest BCUT2D eigenvalue weighted by Gasteiger charge is 2.35. The third-order valence-corrected chi connectivity index (χ3v) is 5.74. The van der Waals surface area contributed by atoms with Gasteiger partial charge in [-0.3, -0.25) is 9.59 Å². The molecule has 1 fully saturated rings. The molecule has 0 spiro atoms. The number of hydrogen-bond acceptors (Lipinski definition) is 4. The van der Waals surface area contributed by atoms with E-state index in [9.17, 15) is 9.59 Å². The van der Waals surface area contributed by atoms with Crippen LogP contribution in [0, 0.1) is 0 Å². The Labute approximate surface area is 177 Å². The van der Waals surface area contributed by atoms with Crippen molar-refractivity contribution in [2.45, 2.75) is 51.3 Å². The lowest BCUT2D eigenvalue weighted by atomic mass is 9.89. The second-order valence-electron chi connectivity index (χ2n) is 8.61. The second kappa shape index (κ2) is 8.01. The van der Waals surface area contributed by atoms with Gasteiger partial charge in [-0.25, -0.2) is 0 Å². The summed E-state index contributed by atoms with van der Waals surface area (Å²) in [6.45, 7) is 5.45. The normalized spacial score (nSPS) is 19.8. The Kier molecular flexibility index (Phi) is 5.41. The van der Waals surface area contributed by atoms with Crippen LogP contribution in [0.25, 0.3) is 0 Å². The first-order valence-electron chi connectivity index (χ1n) is 10.4. The van der Waals surface area contributed by atoms with Crippen molar-refractivity contribution in [1.29, 1.82) is 0 Å². The highest BCUT2D eigenvalue weighted by molar-refractivity contribution is 5.94. The van der Waals surface area contributed by atoms with Gasteiger partial charge in [-0.05, 0) is 50.1 Å². The van der Waals surface area contributed by atoms with Gasteiger partial charge in [0.1, 0.15) is 17.1 Å². The number of hydrogen-bond donors (Lipinski definition) is 1. The summed E-state index contributed by atoms with van der Waals surface area (Å²) in [7, 11) is 1.62. The molecule has 6 heteroatoms. The molecule has 2 amide bonds. The van der Waals surface area contributed by atoms with Gasteiger partial charge < -0.3 is 19.7 Å². The molecule has 30 heavy (non-hydrogen) atoms. The number of ether oxygens (including phenoxy) is 2. The number of fused-ring (bicyclic) bond motifs is 1. The molecular weight excluding hydrogens is 380 g/mol. The molecule has 158 valence electrons. The number of likely N-dealkylation sites (tertiary alicyclic amines) is 1. The van der Waals surface area contributed by atoms with Crippen molar-refractivity contribution in [3.63, 3.8) is 0 Å². The third-order valence-electron chi connectivity index (χ3n) is 5.74. The van der Waals surface area contributed by atoms with Crippen LogP contribution >= 0.6 is 0 Å². The summed E-state index contributed by atoms with van der Waals surface area (Å²) in [5.41, 5.74) is 2.19. The second-order valence-corrected chi connectivity index (χ2v) is 8.61. The Morgan fingerprint density at radius 2 is 2.00 bits per heavy atom. The van der Waals surface area contributed by atoms with Gasteiger partial charge >= 0.3 is 0 Å². The standard InChI is InChI=1S/C24H28N2O4/c1-24(2)14-20(19-11-10-18(29-3)13-21(19)30-24)25-23(28)17-8-6-16(7-9-17)15-26-12-4-5-22(26)27/h6-11,13,20H,4-5,12,14-15H2,1-3H3,(H,25,28)/t20-/m0/s1. The molecule has 1 atom stereocenters. The molecule has 2 aliphatic heterocycles. The van der Waals surface area contributed by atoms with E-state index in [2.05, 4.69) is 5.32 Å². The summed E-state index contributed by atoms with van der Waals surface area (Å²) >= 11 is 0. The van der Waals surface area contributed by atoms with E-state index in [-0.39, 0.29) is 17.9 Å². The number of amides is 2. The number of benzene rings is 2. The van der Waals surface area contributed by atoms with E-state index in [1.807, 2.05) is 61.2 Å². The Balaban J connectivity index is 1.47. The average molecular weight is 408 g/mol. The topological polar surface area (TPSA) is 67.9 Å². The molecule has 2 heterocycles. The maximum absolute atomic E-state index is 12.9. The van der Waals surface area contributed by atoms with Gasteiger partial charge in [0, 0.05) is 43.1 Å². The Hall–Kier alpha value is -3.02. The lowest BCUT2D eigenvalue weighted by Crippen LogP contribution is -2.41. The Morgan fingerprint density at radius 3 is 2.67 bits per heavy atom. The van der Waals surface area contributed by atoms with Crippen LogP contribution in [0.1, 0.15) is 60.6 Å². The number of carbonyl (C=O) groups is 2. The van der Waals surface area contributed by atoms with E-state index < -0.39 is 5.60 Å². The van der Waals surface area contributed by atoms with Crippen LogP contribution in [-0.4, -0.2) is 36.0 Å². The molecule has 2 aromatic rings. The molecule has 2 aromatic carbocycles. The first-order chi connectivity index (χ1) is 14.3. The molecule has 4 rings (SSSR count). The van der Waals surface area contributed by atoms with Gasteiger partial charge in [-0.1, -0.05) is 12.1 Å². The van der Waals surface area contributed by atoms with Crippen molar-refractivity contribution in [3.8, 4) is 11.5 Å². The minimum atomic E-state index is -0.399. The van der Waals surface area contributed by atoms with Crippen molar-refractivity contribution in [1.82, 2.24) is 10.2 Å². The molecule has 0 radical (unpaired) electrons. The number of methoxy groups -OCH3 is 1. The predicted octanol–water partition coefficient (Wildman–Crippen LogP) is 3.85. The van der Waals surface area contributed by atoms with Crippen LogP contribution in [0.15, 0.2) is 42.5 Å². The van der Waals surface area contributed by atoms with Crippen molar-refractivity contribution < 1.29 is 19.1 Å². The summed E-state index contributed by atoms with van der Waals surface area (Å²) in [5.74, 6) is 1.54. The largest absolute Gasteiger partial charge is 0.497 e. The maximum atomic E-state index is 12.9. The first kappa shape index (κ1) is 20.3. The highest BCUT2D eigenvalue weighted by Crippen LogP contribution is 2.41. The van der Waals surface area contributed by atoms with E-state index in [4.69, 9.17) is 9.47 Å². The molecule has 0 aliphatic carbocycles. The van der Waals surface area contributed by atoms with Gasteiger partial charge in [-0.2, -0.15) is 0 Å². The zero-order valence-electron chi connectivity index (χ0n) is 17.7. The molecule has 0 aromatic heterocycles. The molecule has 0 saturated carbocycles. The fraction of sp³-hybridized carbons (Fsp3) is 0.417. The van der Waals surface area contributed by atoms with E-state index >= 15 is 0 Å². The van der Waals surface area contributed by atoms with Gasteiger partial charge in [0.05, 0.1) is 13.2 Å². The van der Waals surface area contributed by atoms with Crippen LogP contribution in [0.5, 0.6) is 11.5 Å². The van der Waals surface area contributed by atoms with Gasteiger partial charge in [0.2, 0.25) is 5.91 Å². The number of nitrogens with zero attached hydrogens (tertiary/aromatic N) is 1. The minimum Gasteiger partial charge on any atom is -0.497 e. The average Bonchev–Trinajstić information content (AvgIpc) is 3.11. The molecule has 1 N–H and O–H groups in total. The quantitative estimate of drug-likeness (QED) is 0.816. The summed E-state index contributed by atoms with van der Waals surface area (Å²) in [4.78, 5) is 26.6. The van der Waals surface area contributed by atoms with Crippen molar-refractivity contribution in [3.05, 3.63) is 59.2 Å². The van der Waals surface area contributed by atoms with Crippen molar-refractivity contribution in [2.24, 2.45) is 0 Å². The first-order valence-corrected chi connectivity index (χ1v) is 10.4. The molecule has 6 nitrogen and oxygen atoms in total. The van der Waals surface area contributed by atoms with E-state index in [1.54, 1.807) is 7.11 Å². The van der Waals surface area contributed by atoms with Gasteiger partial charge in [0.25, 0.3) is 5.91 Å². The van der Waals surface area contributed by atoms with E-state index in [0.29, 0.717) is 24.9 Å². The smallest absolute Gasteiger partial charge is 0.251 e. The van der Waals surface area contributed by atoms with Gasteiger partial charge in [-0.15, -0.1) is 0 Å². The molecular formula is C24H28N2O4. The summed E-state index contributed by atoms with van der Waals surface area (Å²) in [6, 6.07) is 13.0. The molecule has 2 aliphatic rings. The van der Waals surface area contributed by atoms with Crippen LogP contribution in [-0.2, 0) is 11.3 Å². The molecule has 0 unspecified atom stereocenters. The predicted molar refractivity (Wildman–Crippen MR) is 114 cm³/mol. The van der Waals surface area contributed by atoms with Crippen LogP contribution in [0.2, 0.25) is 0 Å². The van der Waals surface area contributed by atoms with E-state index in [0.717, 1.165) is 35.6 Å². The summed E-state index contributed by atoms with van der Waals surface area (Å²) in [6.07, 6.45) is 2.23. The summed E-state index contributed by atoms with van der Waals surface area (Å²) < 4.78 is 11.4. The van der Waals surface area contributed by atoms with Gasteiger partial charge in [0.15, 0.2) is 0 Å². The number of carbonyl (C=O) groups excluding carboxylic acids is 2. The molecule has 0 bridgehead atoms.